The maximum Gasteiger partial charge on any atom is 0.305 e. The second kappa shape index (κ2) is 14.4. The number of rotatable bonds is 13. The predicted molar refractivity (Wildman–Crippen MR) is 185 cm³/mol. The van der Waals surface area contributed by atoms with Gasteiger partial charge in [0.05, 0.1) is 21.8 Å². The number of halogens is 2. The van der Waals surface area contributed by atoms with Crippen molar-refractivity contribution in [1.82, 2.24) is 25.5 Å². The summed E-state index contributed by atoms with van der Waals surface area (Å²) in [5, 5.41) is 24.6. The van der Waals surface area contributed by atoms with Crippen LogP contribution >= 0.6 is 11.8 Å². The number of piperidine rings is 1. The van der Waals surface area contributed by atoms with Gasteiger partial charge in [-0.15, -0.1) is 0 Å². The van der Waals surface area contributed by atoms with E-state index in [0.717, 1.165) is 48.9 Å². The SMILES string of the molecule is COc1c(Nc2cc(C)[nH]n2)nc(Sc2ccc(S(=O)(=O)C3(c4cccc([N+](=O)[O-])c4F)CC3)cc2F)nc1N1CCC(CCNC(C)=O)CC1. The zero-order chi connectivity index (χ0) is 36.5. The Bertz CT molecular complexity index is 2090. The Morgan fingerprint density at radius 1 is 1.18 bits per heavy atom. The number of hydrogen-bond donors (Lipinski definition) is 3. The number of anilines is 3. The molecule has 0 bridgehead atoms. The molecule has 2 aromatic carbocycles. The molecular formula is C33H36F2N8O6S2. The van der Waals surface area contributed by atoms with Crippen LogP contribution in [-0.2, 0) is 19.4 Å². The first-order valence-corrected chi connectivity index (χ1v) is 18.5. The van der Waals surface area contributed by atoms with Crippen LogP contribution in [0.4, 0.5) is 31.9 Å². The Balaban J connectivity index is 1.29. The summed E-state index contributed by atoms with van der Waals surface area (Å²) in [6.07, 6.45) is 2.62. The van der Waals surface area contributed by atoms with Gasteiger partial charge in [0.1, 0.15) is 10.6 Å². The fraction of sp³-hybridized carbons (Fsp3) is 0.394. The van der Waals surface area contributed by atoms with Crippen LogP contribution in [0.2, 0.25) is 0 Å². The summed E-state index contributed by atoms with van der Waals surface area (Å²) < 4.78 is 62.6. The van der Waals surface area contributed by atoms with Gasteiger partial charge in [-0.25, -0.2) is 22.8 Å². The van der Waals surface area contributed by atoms with E-state index in [1.165, 1.54) is 38.3 Å². The summed E-state index contributed by atoms with van der Waals surface area (Å²) in [7, 11) is -2.85. The van der Waals surface area contributed by atoms with Crippen molar-refractivity contribution in [3.8, 4) is 5.75 Å². The summed E-state index contributed by atoms with van der Waals surface area (Å²) in [5.74, 6) is -0.128. The number of nitrogens with zero attached hydrogens (tertiary/aromatic N) is 5. The van der Waals surface area contributed by atoms with Crippen molar-refractivity contribution in [2.45, 2.75) is 65.6 Å². The van der Waals surface area contributed by atoms with Gasteiger partial charge >= 0.3 is 5.69 Å². The van der Waals surface area contributed by atoms with Crippen LogP contribution in [-0.4, -0.2) is 66.2 Å². The molecule has 18 heteroatoms. The number of benzene rings is 2. The quantitative estimate of drug-likeness (QED) is 0.0851. The number of carbonyl (C=O) groups excluding carboxylic acids is 1. The highest BCUT2D eigenvalue weighted by Gasteiger charge is 2.58. The molecule has 3 heterocycles. The molecule has 2 aromatic heterocycles. The molecule has 0 unspecified atom stereocenters. The maximum absolute atomic E-state index is 15.8. The van der Waals surface area contributed by atoms with Crippen LogP contribution in [0.15, 0.2) is 57.4 Å². The molecule has 1 aliphatic heterocycles. The van der Waals surface area contributed by atoms with Gasteiger partial charge in [-0.3, -0.25) is 20.0 Å². The Labute approximate surface area is 296 Å². The van der Waals surface area contributed by atoms with Crippen molar-refractivity contribution < 1.29 is 31.7 Å². The van der Waals surface area contributed by atoms with Crippen LogP contribution < -0.4 is 20.3 Å². The molecule has 4 aromatic rings. The number of carbonyl (C=O) groups is 1. The van der Waals surface area contributed by atoms with Crippen molar-refractivity contribution >= 4 is 50.6 Å². The number of aromatic amines is 1. The lowest BCUT2D eigenvalue weighted by Crippen LogP contribution is -2.36. The fourth-order valence-electron chi connectivity index (χ4n) is 6.30. The minimum atomic E-state index is -4.35. The highest BCUT2D eigenvalue weighted by atomic mass is 32.2. The van der Waals surface area contributed by atoms with Crippen molar-refractivity contribution in [1.29, 1.82) is 0 Å². The van der Waals surface area contributed by atoms with Gasteiger partial charge in [0.15, 0.2) is 32.4 Å². The number of H-pyrrole nitrogens is 1. The lowest BCUT2D eigenvalue weighted by atomic mass is 9.93. The number of nitrogens with one attached hydrogen (secondary N) is 3. The number of sulfone groups is 1. The minimum Gasteiger partial charge on any atom is -0.490 e. The minimum absolute atomic E-state index is 0.0336. The van der Waals surface area contributed by atoms with E-state index in [4.69, 9.17) is 9.72 Å². The molecule has 0 spiro atoms. The lowest BCUT2D eigenvalue weighted by molar-refractivity contribution is -0.387. The van der Waals surface area contributed by atoms with E-state index >= 15 is 8.78 Å². The molecule has 3 N–H and O–H groups in total. The summed E-state index contributed by atoms with van der Waals surface area (Å²) in [6, 6.07) is 8.60. The van der Waals surface area contributed by atoms with E-state index in [9.17, 15) is 23.3 Å². The number of aryl methyl sites for hydroxylation is 1. The maximum atomic E-state index is 15.8. The Kier molecular flexibility index (Phi) is 10.2. The van der Waals surface area contributed by atoms with Gasteiger partial charge in [-0.1, -0.05) is 12.1 Å². The third-order valence-electron chi connectivity index (χ3n) is 9.12. The van der Waals surface area contributed by atoms with Crippen molar-refractivity contribution in [2.24, 2.45) is 5.92 Å². The third kappa shape index (κ3) is 7.33. The Morgan fingerprint density at radius 3 is 2.53 bits per heavy atom. The summed E-state index contributed by atoms with van der Waals surface area (Å²) >= 11 is 0.885. The third-order valence-corrected chi connectivity index (χ3v) is 12.6. The largest absolute Gasteiger partial charge is 0.490 e. The van der Waals surface area contributed by atoms with Crippen LogP contribution in [0, 0.1) is 34.6 Å². The van der Waals surface area contributed by atoms with E-state index < -0.39 is 36.8 Å². The zero-order valence-electron chi connectivity index (χ0n) is 28.0. The molecule has 1 amide bonds. The number of nitro groups is 1. The average Bonchev–Trinajstić information content (AvgIpc) is 3.81. The molecule has 1 saturated heterocycles. The lowest BCUT2D eigenvalue weighted by Gasteiger charge is -2.34. The zero-order valence-corrected chi connectivity index (χ0v) is 29.7. The van der Waals surface area contributed by atoms with Gasteiger partial charge in [-0.05, 0) is 74.9 Å². The summed E-state index contributed by atoms with van der Waals surface area (Å²) in [5.41, 5.74) is -0.327. The Morgan fingerprint density at radius 2 is 1.92 bits per heavy atom. The standard InChI is InChI=1S/C33H36F2N8O6S2/c1-19-17-27(41-40-19)37-30-29(49-3)31(42-15-10-21(11-16-42)9-14-36-20(2)44)39-32(38-30)50-26-8-7-22(18-24(26)34)51(47,48)33(12-13-33)23-5-4-6-25(28(23)35)43(45)46/h4-8,17-18,21H,9-16H2,1-3H3,(H,36,44)(H2,37,38,39,40,41). The summed E-state index contributed by atoms with van der Waals surface area (Å²) in [4.78, 5) is 32.8. The molecule has 0 radical (unpaired) electrons. The normalized spacial score (nSPS) is 15.7. The molecule has 6 rings (SSSR count). The van der Waals surface area contributed by atoms with E-state index in [2.05, 4.69) is 30.7 Å². The van der Waals surface area contributed by atoms with E-state index in [1.807, 2.05) is 6.92 Å². The van der Waals surface area contributed by atoms with Gasteiger partial charge in [0, 0.05) is 49.9 Å². The highest BCUT2D eigenvalue weighted by molar-refractivity contribution is 7.99. The number of aromatic nitrogens is 4. The monoisotopic (exact) mass is 742 g/mol. The molecule has 14 nitrogen and oxygen atoms in total. The second-order valence-electron chi connectivity index (χ2n) is 12.6. The number of amides is 1. The average molecular weight is 743 g/mol. The van der Waals surface area contributed by atoms with Crippen molar-refractivity contribution in [2.75, 3.05) is 37.0 Å². The highest BCUT2D eigenvalue weighted by Crippen LogP contribution is 2.56. The first-order valence-electron chi connectivity index (χ1n) is 16.2. The van der Waals surface area contributed by atoms with E-state index in [-0.39, 0.29) is 39.3 Å². The van der Waals surface area contributed by atoms with E-state index in [1.54, 1.807) is 6.07 Å². The summed E-state index contributed by atoms with van der Waals surface area (Å²) in [6.45, 7) is 5.24. The number of ether oxygens (including phenoxy) is 1. The van der Waals surface area contributed by atoms with E-state index in [0.29, 0.717) is 48.8 Å². The molecule has 1 aliphatic carbocycles. The van der Waals surface area contributed by atoms with Gasteiger partial charge in [-0.2, -0.15) is 9.49 Å². The fourth-order valence-corrected chi connectivity index (χ4v) is 9.11. The predicted octanol–water partition coefficient (Wildman–Crippen LogP) is 5.80. The van der Waals surface area contributed by atoms with Crippen molar-refractivity contribution in [3.63, 3.8) is 0 Å². The molecule has 2 aliphatic rings. The molecule has 0 atom stereocenters. The molecule has 2 fully saturated rings. The molecule has 51 heavy (non-hydrogen) atoms. The smallest absolute Gasteiger partial charge is 0.305 e. The second-order valence-corrected chi connectivity index (χ2v) is 15.8. The van der Waals surface area contributed by atoms with Crippen molar-refractivity contribution in [3.05, 3.63) is 75.5 Å². The molecule has 270 valence electrons. The first-order chi connectivity index (χ1) is 24.3. The number of methoxy groups -OCH3 is 1. The van der Waals surface area contributed by atoms with Gasteiger partial charge in [0.25, 0.3) is 0 Å². The topological polar surface area (TPSA) is 185 Å². The Hall–Kier alpha value is -4.84. The van der Waals surface area contributed by atoms with Gasteiger partial charge in [0.2, 0.25) is 17.5 Å². The van der Waals surface area contributed by atoms with Crippen LogP contribution in [0.1, 0.15) is 50.3 Å². The molecular weight excluding hydrogens is 707 g/mol. The number of nitro benzene ring substituents is 1. The van der Waals surface area contributed by atoms with Crippen LogP contribution in [0.5, 0.6) is 5.75 Å². The van der Waals surface area contributed by atoms with Gasteiger partial charge < -0.3 is 20.3 Å². The van der Waals surface area contributed by atoms with Crippen LogP contribution in [0.25, 0.3) is 0 Å². The first kappa shape index (κ1) is 36.0. The number of hydrogen-bond acceptors (Lipinski definition) is 12. The van der Waals surface area contributed by atoms with Crippen LogP contribution in [0.3, 0.4) is 0 Å². The molecule has 1 saturated carbocycles.